The molecule has 19 heavy (non-hydrogen) atoms. The Morgan fingerprint density at radius 3 is 1.89 bits per heavy atom. The first-order valence-corrected chi connectivity index (χ1v) is 5.31. The van der Waals surface area contributed by atoms with E-state index in [0.717, 1.165) is 24.3 Å². The fraction of sp³-hybridized carbons (Fsp3) is 0.455. The van der Waals surface area contributed by atoms with Crippen LogP contribution >= 0.6 is 0 Å². The third-order valence-corrected chi connectivity index (χ3v) is 2.42. The van der Waals surface area contributed by atoms with E-state index in [0.29, 0.717) is 0 Å². The predicted molar refractivity (Wildman–Crippen MR) is 57.3 cm³/mol. The molecule has 0 spiro atoms. The molecule has 0 aromatic heterocycles. The third-order valence-electron chi connectivity index (χ3n) is 2.42. The molecule has 0 saturated heterocycles. The molecule has 1 aromatic carbocycles. The summed E-state index contributed by atoms with van der Waals surface area (Å²) in [6.07, 6.45) is -8.88. The lowest BCUT2D eigenvalue weighted by atomic mass is 10.0. The normalized spacial score (nSPS) is 14.5. The monoisotopic (exact) mass is 286 g/mol. The van der Waals surface area contributed by atoms with Crippen molar-refractivity contribution in [3.05, 3.63) is 35.4 Å². The SMILES string of the molecule is NCC(NCC(F)(F)F)c1ccc(C(F)(F)F)cc1. The highest BCUT2D eigenvalue weighted by Crippen LogP contribution is 2.29. The van der Waals surface area contributed by atoms with Crippen molar-refractivity contribution in [2.45, 2.75) is 18.4 Å². The maximum atomic E-state index is 12.3. The molecule has 0 aliphatic carbocycles. The highest BCUT2D eigenvalue weighted by molar-refractivity contribution is 5.27. The molecule has 0 saturated carbocycles. The number of halogens is 6. The lowest BCUT2D eigenvalue weighted by Gasteiger charge is -2.19. The van der Waals surface area contributed by atoms with Gasteiger partial charge in [-0.3, -0.25) is 0 Å². The van der Waals surface area contributed by atoms with Gasteiger partial charge in [0, 0.05) is 12.6 Å². The van der Waals surface area contributed by atoms with Gasteiger partial charge in [0.05, 0.1) is 12.1 Å². The number of benzene rings is 1. The molecule has 1 unspecified atom stereocenters. The largest absolute Gasteiger partial charge is 0.416 e. The summed E-state index contributed by atoms with van der Waals surface area (Å²) in [4.78, 5) is 0. The number of hydrogen-bond acceptors (Lipinski definition) is 2. The zero-order chi connectivity index (χ0) is 14.7. The second kappa shape index (κ2) is 5.79. The Labute approximate surface area is 105 Å². The van der Waals surface area contributed by atoms with Crippen molar-refractivity contribution in [2.24, 2.45) is 5.73 Å². The van der Waals surface area contributed by atoms with E-state index in [1.165, 1.54) is 0 Å². The summed E-state index contributed by atoms with van der Waals surface area (Å²) >= 11 is 0. The molecule has 1 atom stereocenters. The molecule has 0 bridgehead atoms. The van der Waals surface area contributed by atoms with Gasteiger partial charge in [0.2, 0.25) is 0 Å². The van der Waals surface area contributed by atoms with Gasteiger partial charge in [-0.2, -0.15) is 26.3 Å². The number of hydrogen-bond donors (Lipinski definition) is 2. The summed E-state index contributed by atoms with van der Waals surface area (Å²) < 4.78 is 73.1. The maximum Gasteiger partial charge on any atom is 0.416 e. The van der Waals surface area contributed by atoms with Crippen molar-refractivity contribution >= 4 is 0 Å². The Morgan fingerprint density at radius 2 is 1.53 bits per heavy atom. The first-order valence-electron chi connectivity index (χ1n) is 5.31. The Balaban J connectivity index is 2.77. The van der Waals surface area contributed by atoms with Gasteiger partial charge in [0.1, 0.15) is 0 Å². The Bertz CT molecular complexity index is 395. The zero-order valence-corrected chi connectivity index (χ0v) is 9.65. The molecular formula is C11H12F6N2. The molecule has 0 aliphatic rings. The lowest BCUT2D eigenvalue weighted by molar-refractivity contribution is -0.137. The first-order chi connectivity index (χ1) is 8.63. The third kappa shape index (κ3) is 5.07. The highest BCUT2D eigenvalue weighted by Gasteiger charge is 2.31. The van der Waals surface area contributed by atoms with Crippen LogP contribution in [0.5, 0.6) is 0 Å². The van der Waals surface area contributed by atoms with Crippen molar-refractivity contribution < 1.29 is 26.3 Å². The molecular weight excluding hydrogens is 274 g/mol. The number of nitrogens with one attached hydrogen (secondary N) is 1. The zero-order valence-electron chi connectivity index (χ0n) is 9.65. The summed E-state index contributed by atoms with van der Waals surface area (Å²) in [5.41, 5.74) is 4.72. The van der Waals surface area contributed by atoms with Crippen LogP contribution in [0, 0.1) is 0 Å². The van der Waals surface area contributed by atoms with E-state index in [2.05, 4.69) is 5.32 Å². The van der Waals surface area contributed by atoms with E-state index in [4.69, 9.17) is 5.73 Å². The molecule has 1 rings (SSSR count). The molecule has 0 fully saturated rings. The van der Waals surface area contributed by atoms with Gasteiger partial charge in [-0.1, -0.05) is 12.1 Å². The minimum atomic E-state index is -4.48. The van der Waals surface area contributed by atoms with Gasteiger partial charge in [0.15, 0.2) is 0 Å². The maximum absolute atomic E-state index is 12.3. The molecule has 8 heteroatoms. The van der Waals surface area contributed by atoms with Crippen LogP contribution in [0.4, 0.5) is 26.3 Å². The van der Waals surface area contributed by atoms with Crippen molar-refractivity contribution in [1.82, 2.24) is 5.32 Å². The van der Waals surface area contributed by atoms with E-state index in [9.17, 15) is 26.3 Å². The van der Waals surface area contributed by atoms with Crippen LogP contribution in [0.3, 0.4) is 0 Å². The van der Waals surface area contributed by atoms with Crippen molar-refractivity contribution in [3.63, 3.8) is 0 Å². The van der Waals surface area contributed by atoms with E-state index in [-0.39, 0.29) is 12.1 Å². The summed E-state index contributed by atoms with van der Waals surface area (Å²) in [6, 6.07) is 3.01. The van der Waals surface area contributed by atoms with Crippen LogP contribution in [0.15, 0.2) is 24.3 Å². The van der Waals surface area contributed by atoms with Crippen molar-refractivity contribution in [1.29, 1.82) is 0 Å². The highest BCUT2D eigenvalue weighted by atomic mass is 19.4. The minimum absolute atomic E-state index is 0.151. The summed E-state index contributed by atoms with van der Waals surface area (Å²) in [5, 5.41) is 2.15. The molecule has 0 radical (unpaired) electrons. The number of nitrogens with two attached hydrogens (primary N) is 1. The smallest absolute Gasteiger partial charge is 0.329 e. The van der Waals surface area contributed by atoms with Gasteiger partial charge >= 0.3 is 12.4 Å². The average Bonchev–Trinajstić information content (AvgIpc) is 2.28. The van der Waals surface area contributed by atoms with Gasteiger partial charge in [0.25, 0.3) is 0 Å². The standard InChI is InChI=1S/C11H12F6N2/c12-10(13,14)6-19-9(5-18)7-1-3-8(4-2-7)11(15,16)17/h1-4,9,19H,5-6,18H2. The van der Waals surface area contributed by atoms with Gasteiger partial charge in [-0.25, -0.2) is 0 Å². The van der Waals surface area contributed by atoms with E-state index < -0.39 is 30.5 Å². The number of rotatable bonds is 4. The quantitative estimate of drug-likeness (QED) is 0.835. The van der Waals surface area contributed by atoms with Crippen LogP contribution in [-0.2, 0) is 6.18 Å². The summed E-state index contributed by atoms with van der Waals surface area (Å²) in [6.45, 7) is -1.41. The van der Waals surface area contributed by atoms with Crippen LogP contribution in [0.2, 0.25) is 0 Å². The second-order valence-corrected chi connectivity index (χ2v) is 3.90. The second-order valence-electron chi connectivity index (χ2n) is 3.90. The van der Waals surface area contributed by atoms with Crippen LogP contribution in [0.25, 0.3) is 0 Å². The summed E-state index contributed by atoms with van der Waals surface area (Å²) in [5.74, 6) is 0. The lowest BCUT2D eigenvalue weighted by Crippen LogP contribution is -2.35. The molecule has 0 amide bonds. The topological polar surface area (TPSA) is 38.0 Å². The molecule has 108 valence electrons. The molecule has 0 heterocycles. The van der Waals surface area contributed by atoms with Gasteiger partial charge in [-0.05, 0) is 17.7 Å². The molecule has 0 aliphatic heterocycles. The molecule has 1 aromatic rings. The fourth-order valence-electron chi connectivity index (χ4n) is 1.48. The van der Waals surface area contributed by atoms with E-state index >= 15 is 0 Å². The fourth-order valence-corrected chi connectivity index (χ4v) is 1.48. The Hall–Kier alpha value is -1.28. The van der Waals surface area contributed by atoms with Gasteiger partial charge < -0.3 is 11.1 Å². The van der Waals surface area contributed by atoms with E-state index in [1.807, 2.05) is 0 Å². The van der Waals surface area contributed by atoms with Crippen molar-refractivity contribution in [3.8, 4) is 0 Å². The first kappa shape index (κ1) is 15.8. The molecule has 3 N–H and O–H groups in total. The van der Waals surface area contributed by atoms with Crippen LogP contribution in [0.1, 0.15) is 17.2 Å². The van der Waals surface area contributed by atoms with Crippen molar-refractivity contribution in [2.75, 3.05) is 13.1 Å². The minimum Gasteiger partial charge on any atom is -0.329 e. The predicted octanol–water partition coefficient (Wildman–Crippen LogP) is 2.86. The Kier molecular flexibility index (Phi) is 4.81. The summed E-state index contributed by atoms with van der Waals surface area (Å²) in [7, 11) is 0. The van der Waals surface area contributed by atoms with E-state index in [1.54, 1.807) is 0 Å². The van der Waals surface area contributed by atoms with Crippen LogP contribution in [-0.4, -0.2) is 19.3 Å². The van der Waals surface area contributed by atoms with Gasteiger partial charge in [-0.15, -0.1) is 0 Å². The Morgan fingerprint density at radius 1 is 1.00 bits per heavy atom. The van der Waals surface area contributed by atoms with Crippen LogP contribution < -0.4 is 11.1 Å². The number of alkyl halides is 6. The molecule has 2 nitrogen and oxygen atoms in total. The average molecular weight is 286 g/mol.